The number of fused-ring (bicyclic) bond motifs is 1. The molecule has 1 aliphatic carbocycles. The first-order chi connectivity index (χ1) is 11.3. The first-order valence-corrected chi connectivity index (χ1v) is 8.33. The minimum atomic E-state index is -4.37. The fourth-order valence-corrected chi connectivity index (χ4v) is 3.73. The van der Waals surface area contributed by atoms with E-state index in [4.69, 9.17) is 5.73 Å². The molecular weight excluding hydrogens is 339 g/mol. The zero-order valence-electron chi connectivity index (χ0n) is 12.7. The summed E-state index contributed by atoms with van der Waals surface area (Å²) in [5, 5.41) is 3.23. The molecule has 8 heteroatoms. The van der Waals surface area contributed by atoms with Gasteiger partial charge in [-0.15, -0.1) is 11.3 Å². The molecular formula is C16H16F3N3OS. The number of amides is 1. The van der Waals surface area contributed by atoms with E-state index in [2.05, 4.69) is 10.3 Å². The van der Waals surface area contributed by atoms with Gasteiger partial charge >= 0.3 is 6.18 Å². The van der Waals surface area contributed by atoms with Crippen LogP contribution < -0.4 is 11.1 Å². The number of nitrogens with two attached hydrogens (primary N) is 1. The normalized spacial score (nSPS) is 17.4. The van der Waals surface area contributed by atoms with Crippen molar-refractivity contribution in [3.05, 3.63) is 46.0 Å². The van der Waals surface area contributed by atoms with Crippen LogP contribution in [0.5, 0.6) is 0 Å². The summed E-state index contributed by atoms with van der Waals surface area (Å²) >= 11 is 1.41. The van der Waals surface area contributed by atoms with Crippen LogP contribution in [-0.4, -0.2) is 16.9 Å². The second-order valence-corrected chi connectivity index (χ2v) is 6.90. The van der Waals surface area contributed by atoms with Gasteiger partial charge in [0.25, 0.3) is 0 Å². The number of carbonyl (C=O) groups is 1. The lowest BCUT2D eigenvalue weighted by Crippen LogP contribution is -2.27. The Balaban J connectivity index is 1.62. The van der Waals surface area contributed by atoms with E-state index in [0.29, 0.717) is 10.7 Å². The van der Waals surface area contributed by atoms with Crippen LogP contribution in [0.25, 0.3) is 0 Å². The number of nitrogens with one attached hydrogen (secondary N) is 1. The van der Waals surface area contributed by atoms with Gasteiger partial charge in [0.2, 0.25) is 5.91 Å². The van der Waals surface area contributed by atoms with Crippen molar-refractivity contribution in [3.8, 4) is 0 Å². The Hall–Kier alpha value is -1.93. The van der Waals surface area contributed by atoms with Crippen LogP contribution in [0.1, 0.15) is 28.1 Å². The molecule has 3 N–H and O–H groups in total. The third-order valence-corrected chi connectivity index (χ3v) is 4.91. The summed E-state index contributed by atoms with van der Waals surface area (Å²) in [5.41, 5.74) is 6.69. The Labute approximate surface area is 140 Å². The summed E-state index contributed by atoms with van der Waals surface area (Å²) in [6.07, 6.45) is -1.91. The van der Waals surface area contributed by atoms with E-state index in [9.17, 15) is 18.0 Å². The molecule has 0 fully saturated rings. The molecule has 1 aromatic carbocycles. The molecule has 4 nitrogen and oxygen atoms in total. The third kappa shape index (κ3) is 3.93. The molecule has 0 aliphatic heterocycles. The maximum Gasteiger partial charge on any atom is 0.416 e. The zero-order valence-corrected chi connectivity index (χ0v) is 13.5. The van der Waals surface area contributed by atoms with Crippen molar-refractivity contribution in [2.24, 2.45) is 5.73 Å². The van der Waals surface area contributed by atoms with Crippen molar-refractivity contribution in [1.82, 2.24) is 4.98 Å². The topological polar surface area (TPSA) is 68.0 Å². The first-order valence-electron chi connectivity index (χ1n) is 7.51. The molecule has 0 bridgehead atoms. The van der Waals surface area contributed by atoms with E-state index in [1.165, 1.54) is 23.5 Å². The van der Waals surface area contributed by atoms with E-state index < -0.39 is 11.7 Å². The molecule has 0 spiro atoms. The highest BCUT2D eigenvalue weighted by atomic mass is 32.1. The van der Waals surface area contributed by atoms with Crippen LogP contribution in [0.2, 0.25) is 0 Å². The number of rotatable bonds is 3. The Morgan fingerprint density at radius 3 is 2.71 bits per heavy atom. The van der Waals surface area contributed by atoms with Gasteiger partial charge in [-0.25, -0.2) is 4.98 Å². The van der Waals surface area contributed by atoms with Crippen LogP contribution in [0.3, 0.4) is 0 Å². The molecule has 1 aliphatic rings. The monoisotopic (exact) mass is 355 g/mol. The molecule has 0 radical (unpaired) electrons. The fourth-order valence-electron chi connectivity index (χ4n) is 2.61. The van der Waals surface area contributed by atoms with Crippen molar-refractivity contribution >= 4 is 22.4 Å². The lowest BCUT2D eigenvalue weighted by atomic mass is 9.99. The van der Waals surface area contributed by atoms with Gasteiger partial charge in [0.15, 0.2) is 5.13 Å². The summed E-state index contributed by atoms with van der Waals surface area (Å²) in [7, 11) is 0. The standard InChI is InChI=1S/C16H16F3N3OS/c17-16(18,19)10-3-1-9(2-4-10)7-14(23)22-15-21-12-6-5-11(20)8-13(12)24-15/h1-4,11H,5-8,20H2,(H,21,22,23)/t11-/m0/s1. The second-order valence-electron chi connectivity index (χ2n) is 5.81. The number of halogens is 3. The average molecular weight is 355 g/mol. The van der Waals surface area contributed by atoms with E-state index in [-0.39, 0.29) is 18.4 Å². The van der Waals surface area contributed by atoms with Gasteiger partial charge in [-0.05, 0) is 37.0 Å². The van der Waals surface area contributed by atoms with Crippen LogP contribution in [0, 0.1) is 0 Å². The van der Waals surface area contributed by atoms with Crippen LogP contribution in [0.4, 0.5) is 18.3 Å². The highest BCUT2D eigenvalue weighted by Crippen LogP contribution is 2.30. The van der Waals surface area contributed by atoms with Crippen molar-refractivity contribution in [3.63, 3.8) is 0 Å². The Kier molecular flexibility index (Phi) is 4.60. The summed E-state index contributed by atoms with van der Waals surface area (Å²) < 4.78 is 37.5. The summed E-state index contributed by atoms with van der Waals surface area (Å²) in [5.74, 6) is -0.301. The van der Waals surface area contributed by atoms with E-state index >= 15 is 0 Å². The number of aromatic nitrogens is 1. The van der Waals surface area contributed by atoms with Crippen molar-refractivity contribution in [2.75, 3.05) is 5.32 Å². The van der Waals surface area contributed by atoms with Gasteiger partial charge in [-0.3, -0.25) is 4.79 Å². The highest BCUT2D eigenvalue weighted by Gasteiger charge is 2.30. The fraction of sp³-hybridized carbons (Fsp3) is 0.375. The van der Waals surface area contributed by atoms with Gasteiger partial charge < -0.3 is 11.1 Å². The zero-order chi connectivity index (χ0) is 17.3. The summed E-state index contributed by atoms with van der Waals surface area (Å²) in [4.78, 5) is 17.5. The molecule has 3 rings (SSSR count). The molecule has 1 atom stereocenters. The Bertz CT molecular complexity index is 740. The first kappa shape index (κ1) is 16.9. The second kappa shape index (κ2) is 6.52. The quantitative estimate of drug-likeness (QED) is 0.889. The lowest BCUT2D eigenvalue weighted by Gasteiger charge is -2.15. The molecule has 128 valence electrons. The number of nitrogens with zero attached hydrogens (tertiary/aromatic N) is 1. The molecule has 0 saturated carbocycles. The van der Waals surface area contributed by atoms with Gasteiger partial charge in [0, 0.05) is 10.9 Å². The molecule has 1 amide bonds. The molecule has 1 aromatic heterocycles. The predicted molar refractivity (Wildman–Crippen MR) is 85.9 cm³/mol. The van der Waals surface area contributed by atoms with Crippen LogP contribution >= 0.6 is 11.3 Å². The molecule has 1 heterocycles. The van der Waals surface area contributed by atoms with Crippen molar-refractivity contribution in [1.29, 1.82) is 0 Å². The lowest BCUT2D eigenvalue weighted by molar-refractivity contribution is -0.137. The Morgan fingerprint density at radius 1 is 1.33 bits per heavy atom. The summed E-state index contributed by atoms with van der Waals surface area (Å²) in [6.45, 7) is 0. The number of anilines is 1. The number of hydrogen-bond donors (Lipinski definition) is 2. The number of alkyl halides is 3. The average Bonchev–Trinajstić information content (AvgIpc) is 2.87. The van der Waals surface area contributed by atoms with Crippen LogP contribution in [0.15, 0.2) is 24.3 Å². The van der Waals surface area contributed by atoms with E-state index in [1.54, 1.807) is 0 Å². The molecule has 2 aromatic rings. The molecule has 24 heavy (non-hydrogen) atoms. The minimum Gasteiger partial charge on any atom is -0.327 e. The van der Waals surface area contributed by atoms with Gasteiger partial charge in [0.1, 0.15) is 0 Å². The highest BCUT2D eigenvalue weighted by molar-refractivity contribution is 7.15. The largest absolute Gasteiger partial charge is 0.416 e. The number of carbonyl (C=O) groups excluding carboxylic acids is 1. The van der Waals surface area contributed by atoms with Crippen LogP contribution in [-0.2, 0) is 30.2 Å². The maximum absolute atomic E-state index is 12.5. The SMILES string of the molecule is N[C@H]1CCc2nc(NC(=O)Cc3ccc(C(F)(F)F)cc3)sc2C1. The maximum atomic E-state index is 12.5. The number of thiazole rings is 1. The van der Waals surface area contributed by atoms with Gasteiger partial charge in [-0.1, -0.05) is 12.1 Å². The number of hydrogen-bond acceptors (Lipinski definition) is 4. The summed E-state index contributed by atoms with van der Waals surface area (Å²) in [6, 6.07) is 4.72. The third-order valence-electron chi connectivity index (χ3n) is 3.87. The molecule has 0 saturated heterocycles. The van der Waals surface area contributed by atoms with E-state index in [1.807, 2.05) is 0 Å². The minimum absolute atomic E-state index is 0.00188. The van der Waals surface area contributed by atoms with E-state index in [0.717, 1.165) is 42.0 Å². The predicted octanol–water partition coefficient (Wildman–Crippen LogP) is 3.16. The number of aryl methyl sites for hydroxylation is 1. The van der Waals surface area contributed by atoms with Crippen molar-refractivity contribution in [2.45, 2.75) is 37.9 Å². The van der Waals surface area contributed by atoms with Gasteiger partial charge in [0.05, 0.1) is 17.7 Å². The van der Waals surface area contributed by atoms with Crippen molar-refractivity contribution < 1.29 is 18.0 Å². The number of benzene rings is 1. The smallest absolute Gasteiger partial charge is 0.327 e. The molecule has 0 unspecified atom stereocenters. The Morgan fingerprint density at radius 2 is 2.04 bits per heavy atom. The van der Waals surface area contributed by atoms with Gasteiger partial charge in [-0.2, -0.15) is 13.2 Å².